The highest BCUT2D eigenvalue weighted by Gasteiger charge is 2.18. The number of methoxy groups -OCH3 is 1. The van der Waals surface area contributed by atoms with Gasteiger partial charge in [0.15, 0.2) is 17.9 Å². The van der Waals surface area contributed by atoms with E-state index in [1.54, 1.807) is 0 Å². The van der Waals surface area contributed by atoms with Crippen molar-refractivity contribution in [3.05, 3.63) is 33.6 Å². The number of hydrogen-bond acceptors (Lipinski definition) is 4. The van der Waals surface area contributed by atoms with Crippen molar-refractivity contribution in [2.45, 2.75) is 0 Å². The van der Waals surface area contributed by atoms with E-state index < -0.39 is 16.4 Å². The van der Waals surface area contributed by atoms with Gasteiger partial charge in [-0.2, -0.15) is 0 Å². The van der Waals surface area contributed by atoms with Gasteiger partial charge in [0.05, 0.1) is 23.7 Å². The molecule has 0 heterocycles. The highest BCUT2D eigenvalue weighted by molar-refractivity contribution is 5.82. The van der Waals surface area contributed by atoms with Gasteiger partial charge in [-0.25, -0.2) is 4.39 Å². The van der Waals surface area contributed by atoms with E-state index in [1.165, 1.54) is 7.11 Å². The average Bonchev–Trinajstić information content (AvgIpc) is 2.17. The minimum absolute atomic E-state index is 0.197. The summed E-state index contributed by atoms with van der Waals surface area (Å²) >= 11 is 0. The molecule has 0 bridgehead atoms. The summed E-state index contributed by atoms with van der Waals surface area (Å²) in [6.45, 7) is 0. The number of nitro groups is 1. The number of rotatable bonds is 3. The lowest BCUT2D eigenvalue weighted by molar-refractivity contribution is -0.385. The van der Waals surface area contributed by atoms with Gasteiger partial charge < -0.3 is 4.74 Å². The van der Waals surface area contributed by atoms with Gasteiger partial charge in [-0.05, 0) is 0 Å². The molecule has 6 heteroatoms. The van der Waals surface area contributed by atoms with Crippen molar-refractivity contribution in [2.75, 3.05) is 7.11 Å². The standard InChI is InChI=1S/C8H6FNO4/c1-14-8-2-5(4-11)7(10(12)13)3-6(8)9/h2-4H,1H3. The first-order chi connectivity index (χ1) is 6.60. The molecule has 1 rings (SSSR count). The smallest absolute Gasteiger partial charge is 0.283 e. The molecule has 0 aliphatic heterocycles. The van der Waals surface area contributed by atoms with E-state index in [2.05, 4.69) is 4.74 Å². The molecule has 14 heavy (non-hydrogen) atoms. The van der Waals surface area contributed by atoms with E-state index in [-0.39, 0.29) is 17.6 Å². The largest absolute Gasteiger partial charge is 0.494 e. The van der Waals surface area contributed by atoms with E-state index in [9.17, 15) is 19.3 Å². The first kappa shape index (κ1) is 10.1. The van der Waals surface area contributed by atoms with Gasteiger partial charge in [0.25, 0.3) is 5.69 Å². The monoisotopic (exact) mass is 199 g/mol. The molecule has 0 aromatic heterocycles. The summed E-state index contributed by atoms with van der Waals surface area (Å²) in [4.78, 5) is 20.0. The second kappa shape index (κ2) is 3.82. The molecule has 1 aromatic rings. The fraction of sp³-hybridized carbons (Fsp3) is 0.125. The molecule has 0 unspecified atom stereocenters. The summed E-state index contributed by atoms with van der Waals surface area (Å²) in [5.74, 6) is -1.07. The van der Waals surface area contributed by atoms with Crippen molar-refractivity contribution < 1.29 is 18.8 Å². The minimum atomic E-state index is -0.871. The molecule has 0 saturated carbocycles. The average molecular weight is 199 g/mol. The normalized spacial score (nSPS) is 9.57. The molecule has 0 saturated heterocycles. The summed E-state index contributed by atoms with van der Waals surface area (Å²) in [6.07, 6.45) is 0.278. The van der Waals surface area contributed by atoms with Crippen molar-refractivity contribution in [1.82, 2.24) is 0 Å². The van der Waals surface area contributed by atoms with Crippen LogP contribution in [0.15, 0.2) is 12.1 Å². The zero-order valence-corrected chi connectivity index (χ0v) is 7.19. The summed E-state index contributed by atoms with van der Waals surface area (Å²) in [5, 5.41) is 10.4. The Hall–Kier alpha value is -1.98. The van der Waals surface area contributed by atoms with Gasteiger partial charge in [-0.1, -0.05) is 0 Å². The van der Waals surface area contributed by atoms with E-state index >= 15 is 0 Å². The molecule has 0 radical (unpaired) electrons. The Kier molecular flexibility index (Phi) is 2.76. The number of halogens is 1. The third-order valence-corrected chi connectivity index (χ3v) is 1.62. The Morgan fingerprint density at radius 1 is 1.57 bits per heavy atom. The first-order valence-electron chi connectivity index (χ1n) is 3.57. The summed E-state index contributed by atoms with van der Waals surface area (Å²) < 4.78 is 17.5. The lowest BCUT2D eigenvalue weighted by Crippen LogP contribution is -1.97. The predicted octanol–water partition coefficient (Wildman–Crippen LogP) is 1.55. The van der Waals surface area contributed by atoms with Gasteiger partial charge in [0, 0.05) is 6.07 Å². The minimum Gasteiger partial charge on any atom is -0.494 e. The van der Waals surface area contributed by atoms with Crippen molar-refractivity contribution in [1.29, 1.82) is 0 Å². The topological polar surface area (TPSA) is 69.4 Å². The summed E-state index contributed by atoms with van der Waals surface area (Å²) in [6, 6.07) is 1.64. The van der Waals surface area contributed by atoms with Crippen molar-refractivity contribution in [3.63, 3.8) is 0 Å². The van der Waals surface area contributed by atoms with Crippen molar-refractivity contribution >= 4 is 12.0 Å². The number of carbonyl (C=O) groups is 1. The zero-order chi connectivity index (χ0) is 10.7. The molecular weight excluding hydrogens is 193 g/mol. The van der Waals surface area contributed by atoms with Gasteiger partial charge in [0.2, 0.25) is 0 Å². The Labute approximate surface area is 78.3 Å². The van der Waals surface area contributed by atoms with Crippen LogP contribution in [0.2, 0.25) is 0 Å². The first-order valence-corrected chi connectivity index (χ1v) is 3.57. The van der Waals surface area contributed by atoms with E-state index in [1.807, 2.05) is 0 Å². The molecule has 0 aliphatic rings. The van der Waals surface area contributed by atoms with Crippen molar-refractivity contribution in [2.24, 2.45) is 0 Å². The van der Waals surface area contributed by atoms with Gasteiger partial charge in [0.1, 0.15) is 0 Å². The molecular formula is C8H6FNO4. The molecule has 74 valence electrons. The highest BCUT2D eigenvalue weighted by Crippen LogP contribution is 2.25. The number of benzene rings is 1. The Bertz CT molecular complexity index is 391. The van der Waals surface area contributed by atoms with Gasteiger partial charge >= 0.3 is 0 Å². The second-order valence-electron chi connectivity index (χ2n) is 2.42. The third kappa shape index (κ3) is 1.68. The summed E-state index contributed by atoms with van der Waals surface area (Å²) in [7, 11) is 1.21. The van der Waals surface area contributed by atoms with Crippen LogP contribution < -0.4 is 4.74 Å². The SMILES string of the molecule is COc1cc(C=O)c([N+](=O)[O-])cc1F. The lowest BCUT2D eigenvalue weighted by Gasteiger charge is -2.02. The van der Waals surface area contributed by atoms with Gasteiger partial charge in [-0.3, -0.25) is 14.9 Å². The Morgan fingerprint density at radius 2 is 2.21 bits per heavy atom. The molecule has 0 spiro atoms. The molecule has 0 amide bonds. The lowest BCUT2D eigenvalue weighted by atomic mass is 10.2. The number of nitro benzene ring substituents is 1. The van der Waals surface area contributed by atoms with Crippen LogP contribution in [0, 0.1) is 15.9 Å². The maximum Gasteiger partial charge on any atom is 0.283 e. The Morgan fingerprint density at radius 3 is 2.64 bits per heavy atom. The van der Waals surface area contributed by atoms with E-state index in [0.29, 0.717) is 6.07 Å². The number of carbonyl (C=O) groups excluding carboxylic acids is 1. The van der Waals surface area contributed by atoms with Crippen LogP contribution in [0.1, 0.15) is 10.4 Å². The number of ether oxygens (including phenoxy) is 1. The maximum absolute atomic E-state index is 13.0. The van der Waals surface area contributed by atoms with Crippen molar-refractivity contribution in [3.8, 4) is 5.75 Å². The third-order valence-electron chi connectivity index (χ3n) is 1.62. The Balaban J connectivity index is 3.38. The van der Waals surface area contributed by atoms with E-state index in [0.717, 1.165) is 6.07 Å². The molecule has 0 fully saturated rings. The summed E-state index contributed by atoms with van der Waals surface area (Å²) in [5.41, 5.74) is -0.786. The fourth-order valence-corrected chi connectivity index (χ4v) is 0.968. The molecule has 0 aliphatic carbocycles. The van der Waals surface area contributed by atoms with Crippen LogP contribution in [0.5, 0.6) is 5.75 Å². The van der Waals surface area contributed by atoms with Crippen LogP contribution >= 0.6 is 0 Å². The highest BCUT2D eigenvalue weighted by atomic mass is 19.1. The predicted molar refractivity (Wildman–Crippen MR) is 45.0 cm³/mol. The van der Waals surface area contributed by atoms with Crippen LogP contribution in [-0.4, -0.2) is 18.3 Å². The maximum atomic E-state index is 13.0. The van der Waals surface area contributed by atoms with Crippen LogP contribution in [0.25, 0.3) is 0 Å². The number of nitrogens with zero attached hydrogens (tertiary/aromatic N) is 1. The zero-order valence-electron chi connectivity index (χ0n) is 7.19. The number of aldehydes is 1. The van der Waals surface area contributed by atoms with E-state index in [4.69, 9.17) is 0 Å². The molecule has 5 nitrogen and oxygen atoms in total. The quantitative estimate of drug-likeness (QED) is 0.420. The van der Waals surface area contributed by atoms with Crippen LogP contribution in [0.3, 0.4) is 0 Å². The molecule has 1 aromatic carbocycles. The molecule has 0 atom stereocenters. The van der Waals surface area contributed by atoms with Crippen LogP contribution in [0.4, 0.5) is 10.1 Å². The second-order valence-corrected chi connectivity index (χ2v) is 2.42. The van der Waals surface area contributed by atoms with Crippen LogP contribution in [-0.2, 0) is 0 Å². The molecule has 0 N–H and O–H groups in total. The van der Waals surface area contributed by atoms with Gasteiger partial charge in [-0.15, -0.1) is 0 Å². The number of hydrogen-bond donors (Lipinski definition) is 0. The fourth-order valence-electron chi connectivity index (χ4n) is 0.968.